The number of aryl methyl sites for hydroxylation is 3. The molecule has 0 spiro atoms. The van der Waals surface area contributed by atoms with Crippen molar-refractivity contribution in [3.05, 3.63) is 305 Å². The molecular formula is C100H99BrO2S2. The van der Waals surface area contributed by atoms with Crippen molar-refractivity contribution in [1.82, 2.24) is 0 Å². The van der Waals surface area contributed by atoms with Gasteiger partial charge in [-0.05, 0) is 260 Å². The summed E-state index contributed by atoms with van der Waals surface area (Å²) in [6, 6.07) is 64.2. The van der Waals surface area contributed by atoms with Crippen LogP contribution in [-0.2, 0) is 6.42 Å². The molecule has 2 aliphatic carbocycles. The van der Waals surface area contributed by atoms with Crippen LogP contribution in [0.3, 0.4) is 0 Å². The summed E-state index contributed by atoms with van der Waals surface area (Å²) in [7, 11) is 0. The molecule has 5 heteroatoms. The van der Waals surface area contributed by atoms with E-state index in [1.165, 1.54) is 60.8 Å². The summed E-state index contributed by atoms with van der Waals surface area (Å²) in [6.45, 7) is 28.4. The molecule has 0 saturated heterocycles. The first-order valence-corrected chi connectivity index (χ1v) is 37.1. The second-order valence-electron chi connectivity index (χ2n) is 21.9. The first-order chi connectivity index (χ1) is 51.3. The van der Waals surface area contributed by atoms with E-state index >= 15 is 0 Å². The Hall–Kier alpha value is -11.5. The Morgan fingerprint density at radius 2 is 0.895 bits per heavy atom. The Morgan fingerprint density at radius 3 is 1.37 bits per heavy atom. The fourth-order valence-electron chi connectivity index (χ4n) is 8.24. The third-order valence-corrected chi connectivity index (χ3v) is 15.2. The zero-order chi connectivity index (χ0) is 76.9. The molecule has 2 nitrogen and oxygen atoms in total. The van der Waals surface area contributed by atoms with Gasteiger partial charge in [0.1, 0.15) is 6.26 Å². The number of benzene rings is 6. The normalized spacial score (nSPS) is 9.49. The Morgan fingerprint density at radius 1 is 0.381 bits per heavy atom. The van der Waals surface area contributed by atoms with Crippen LogP contribution >= 0.6 is 38.6 Å². The Kier molecular flexibility index (Phi) is 56.3. The molecule has 0 N–H and O–H groups in total. The second kappa shape index (κ2) is 64.6. The number of rotatable bonds is 1. The van der Waals surface area contributed by atoms with Gasteiger partial charge < -0.3 is 8.83 Å². The molecule has 0 atom stereocenters. The summed E-state index contributed by atoms with van der Waals surface area (Å²) in [5.41, 5.74) is 12.6. The van der Waals surface area contributed by atoms with Crippen molar-refractivity contribution in [1.29, 1.82) is 0 Å². The number of halogens is 1. The van der Waals surface area contributed by atoms with Crippen LogP contribution in [0.25, 0.3) is 0 Å². The van der Waals surface area contributed by atoms with Crippen molar-refractivity contribution < 1.29 is 8.83 Å². The van der Waals surface area contributed by atoms with Crippen molar-refractivity contribution in [2.24, 2.45) is 11.8 Å². The Balaban J connectivity index is 0.000000574. The molecule has 10 aromatic rings. The minimum atomic E-state index is 0.729. The van der Waals surface area contributed by atoms with Gasteiger partial charge in [-0.3, -0.25) is 0 Å². The summed E-state index contributed by atoms with van der Waals surface area (Å²) in [5.74, 6) is 72.1. The summed E-state index contributed by atoms with van der Waals surface area (Å²) in [6.07, 6.45) is 13.9. The van der Waals surface area contributed by atoms with Crippen LogP contribution in [0.5, 0.6) is 0 Å². The lowest BCUT2D eigenvalue weighted by molar-refractivity contribution is 0.554. The average Bonchev–Trinajstić information content (AvgIpc) is 1.93. The molecule has 530 valence electrons. The van der Waals surface area contributed by atoms with E-state index in [9.17, 15) is 0 Å². The van der Waals surface area contributed by atoms with Crippen LogP contribution in [0.4, 0.5) is 0 Å². The van der Waals surface area contributed by atoms with E-state index < -0.39 is 0 Å². The van der Waals surface area contributed by atoms with Gasteiger partial charge in [0.2, 0.25) is 0 Å². The molecule has 2 fully saturated rings. The van der Waals surface area contributed by atoms with Crippen LogP contribution in [0.15, 0.2) is 242 Å². The third-order valence-electron chi connectivity index (χ3n) is 13.2. The van der Waals surface area contributed by atoms with Gasteiger partial charge in [0, 0.05) is 61.5 Å². The molecule has 2 saturated carbocycles. The van der Waals surface area contributed by atoms with Crippen LogP contribution in [-0.4, -0.2) is 0 Å². The number of hydrogen-bond donors (Lipinski definition) is 0. The van der Waals surface area contributed by atoms with Gasteiger partial charge in [-0.1, -0.05) is 191 Å². The predicted octanol–water partition coefficient (Wildman–Crippen LogP) is 25.4. The second-order valence-corrected chi connectivity index (χ2v) is 24.6. The molecular weight excluding hydrogens is 1380 g/mol. The molecule has 105 heavy (non-hydrogen) atoms. The number of furan rings is 2. The number of thiophene rings is 2. The van der Waals surface area contributed by atoms with Crippen molar-refractivity contribution in [3.8, 4) is 142 Å². The van der Waals surface area contributed by atoms with E-state index in [1.807, 2.05) is 237 Å². The van der Waals surface area contributed by atoms with E-state index in [0.29, 0.717) is 0 Å². The van der Waals surface area contributed by atoms with E-state index in [0.717, 1.165) is 72.3 Å². The summed E-state index contributed by atoms with van der Waals surface area (Å²) in [5, 5.41) is 6.09. The van der Waals surface area contributed by atoms with Crippen LogP contribution < -0.4 is 0 Å². The quantitative estimate of drug-likeness (QED) is 0.153. The SMILES string of the molecule is CC#CC1CC1.CC#CC1CCCC1.CC#CCc1ccccc1.CC#Cc1ccc(Br)cc1.CC#Cc1ccc(C)cc1.CC#Cc1cccc(C)c1.CC#Cc1ccccc1.CC#Cc1ccccc1C.CC#Cc1ccco1.CC#Cc1cccs1.CC#Cc1ccoc1.CC#Cc1ccsc1. The van der Waals surface area contributed by atoms with Crippen molar-refractivity contribution in [2.75, 3.05) is 0 Å². The molecule has 4 heterocycles. The van der Waals surface area contributed by atoms with Gasteiger partial charge in [-0.15, -0.1) is 88.3 Å². The maximum Gasteiger partial charge on any atom is 0.176 e. The van der Waals surface area contributed by atoms with Crippen molar-refractivity contribution in [2.45, 2.75) is 149 Å². The van der Waals surface area contributed by atoms with E-state index in [1.54, 1.807) is 55.3 Å². The molecule has 4 aromatic heterocycles. The summed E-state index contributed by atoms with van der Waals surface area (Å²) >= 11 is 6.70. The molecule has 0 amide bonds. The molecule has 0 aliphatic heterocycles. The van der Waals surface area contributed by atoms with Crippen molar-refractivity contribution in [3.63, 3.8) is 0 Å². The topological polar surface area (TPSA) is 26.3 Å². The zero-order valence-corrected chi connectivity index (χ0v) is 67.3. The van der Waals surface area contributed by atoms with Gasteiger partial charge in [0.25, 0.3) is 0 Å². The third kappa shape index (κ3) is 52.2. The average molecular weight is 1480 g/mol. The molecule has 0 bridgehead atoms. The lowest BCUT2D eigenvalue weighted by Gasteiger charge is -1.93. The van der Waals surface area contributed by atoms with Gasteiger partial charge in [0.05, 0.1) is 23.0 Å². The largest absolute Gasteiger partial charge is 0.471 e. The predicted molar refractivity (Wildman–Crippen MR) is 458 cm³/mol. The fourth-order valence-corrected chi connectivity index (χ4v) is 9.71. The Labute approximate surface area is 650 Å². The minimum Gasteiger partial charge on any atom is -0.471 e. The summed E-state index contributed by atoms with van der Waals surface area (Å²) < 4.78 is 10.8. The first kappa shape index (κ1) is 91.5. The highest BCUT2D eigenvalue weighted by molar-refractivity contribution is 9.10. The molecule has 2 aliphatic rings. The monoisotopic (exact) mass is 1470 g/mol. The van der Waals surface area contributed by atoms with Gasteiger partial charge in [-0.25, -0.2) is 0 Å². The minimum absolute atomic E-state index is 0.729. The highest BCUT2D eigenvalue weighted by Crippen LogP contribution is 2.27. The highest BCUT2D eigenvalue weighted by Gasteiger charge is 2.17. The fraction of sp³-hybridized carbons (Fsp3) is 0.240. The van der Waals surface area contributed by atoms with E-state index in [2.05, 4.69) is 221 Å². The van der Waals surface area contributed by atoms with E-state index in [4.69, 9.17) is 8.83 Å². The van der Waals surface area contributed by atoms with Crippen molar-refractivity contribution >= 4 is 38.6 Å². The van der Waals surface area contributed by atoms with Crippen LogP contribution in [0, 0.1) is 175 Å². The molecule has 6 aromatic carbocycles. The highest BCUT2D eigenvalue weighted by atomic mass is 79.9. The Bertz CT molecular complexity index is 4460. The molecule has 0 unspecified atom stereocenters. The first-order valence-electron chi connectivity index (χ1n) is 34.5. The zero-order valence-electron chi connectivity index (χ0n) is 64.1. The van der Waals surface area contributed by atoms with Crippen LogP contribution in [0.2, 0.25) is 0 Å². The van der Waals surface area contributed by atoms with Gasteiger partial charge >= 0.3 is 0 Å². The smallest absolute Gasteiger partial charge is 0.176 e. The number of hydrogen-bond acceptors (Lipinski definition) is 4. The maximum atomic E-state index is 4.90. The summed E-state index contributed by atoms with van der Waals surface area (Å²) in [4.78, 5) is 1.15. The van der Waals surface area contributed by atoms with Gasteiger partial charge in [0.15, 0.2) is 5.76 Å². The van der Waals surface area contributed by atoms with Crippen LogP contribution in [0.1, 0.15) is 193 Å². The lowest BCUT2D eigenvalue weighted by atomic mass is 10.1. The molecule has 12 rings (SSSR count). The van der Waals surface area contributed by atoms with E-state index in [-0.39, 0.29) is 0 Å². The maximum absolute atomic E-state index is 4.90. The standard InChI is InChI=1S/4C10H10.C9H7Br.C9H8.C8H12.2C7H6O.2C7H6S.C6H8/c1-3-6-10-8-5-4-7-9(10)2;1-3-5-10-7-4-6-9(2)8-10;1-3-4-10-7-5-9(2)6-8-10;1-2-3-7-10-8-5-4-6-9-10;1-2-3-8-4-6-9(10)7-5-8;1-2-6-9-7-4-3-5-8-9;1-2-5-8-6-3-4-7-8;1-2-4-7-5-3-6-8-7;1-2-3-7-4-5-8-6-7;1-2-4-7-5-3-6-8-7;1-2-3-7-4-5-8-6-7;1-2-3-6-4-5-6/h4-5,7-8H,1-2H3;4,6-8H,1-2H3;5-8H,1-2H3;4-6,8-9H,7H2,1H3;4-7H,1H3;3-5,7-8H,1H3;8H,3-4,6-7H2,1H3;3,5-6H,1H3;4-6H,1H3;3,5-6H,1H3;4-6H,1H3;6H,4-5H2,1H3. The lowest BCUT2D eigenvalue weighted by Crippen LogP contribution is -1.84. The molecule has 0 radical (unpaired) electrons. The van der Waals surface area contributed by atoms with Gasteiger partial charge in [-0.2, -0.15) is 11.3 Å².